The molecular formula is C17H20N2O2. The molecule has 0 saturated carbocycles. The summed E-state index contributed by atoms with van der Waals surface area (Å²) in [6, 6.07) is 10.1. The summed E-state index contributed by atoms with van der Waals surface area (Å²) in [4.78, 5) is 16.1. The van der Waals surface area contributed by atoms with Crippen LogP contribution in [0.1, 0.15) is 25.8 Å². The van der Waals surface area contributed by atoms with Crippen LogP contribution in [0.25, 0.3) is 0 Å². The van der Waals surface area contributed by atoms with Crippen molar-refractivity contribution in [2.24, 2.45) is 4.99 Å². The Labute approximate surface area is 125 Å². The highest BCUT2D eigenvalue weighted by atomic mass is 16.5. The second kappa shape index (κ2) is 6.99. The molecule has 1 aromatic carbocycles. The van der Waals surface area contributed by atoms with Crippen LogP contribution in [0.3, 0.4) is 0 Å². The standard InChI is InChI=1S/C17H20N2O2/c1-3-15-14(11-10-13-8-6-5-7-9-13)12-16(20)19(21)17(15)18-4-2/h3,5-9,12,21H,4,10-11H2,1-2H3/b15-3-,18-17?. The maximum atomic E-state index is 11.9. The Morgan fingerprint density at radius 3 is 2.57 bits per heavy atom. The number of nitrogens with zero attached hydrogens (tertiary/aromatic N) is 2. The van der Waals surface area contributed by atoms with Gasteiger partial charge in [-0.05, 0) is 37.8 Å². The molecule has 21 heavy (non-hydrogen) atoms. The van der Waals surface area contributed by atoms with Gasteiger partial charge in [-0.25, -0.2) is 0 Å². The van der Waals surface area contributed by atoms with E-state index in [1.807, 2.05) is 38.1 Å². The molecule has 1 N–H and O–H groups in total. The van der Waals surface area contributed by atoms with Gasteiger partial charge in [0.2, 0.25) is 0 Å². The summed E-state index contributed by atoms with van der Waals surface area (Å²) in [5, 5.41) is 10.5. The number of carbonyl (C=O) groups is 1. The zero-order valence-electron chi connectivity index (χ0n) is 12.4. The number of benzene rings is 1. The zero-order chi connectivity index (χ0) is 15.2. The first kappa shape index (κ1) is 15.2. The lowest BCUT2D eigenvalue weighted by Gasteiger charge is -2.25. The summed E-state index contributed by atoms with van der Waals surface area (Å²) in [5.41, 5.74) is 2.97. The minimum atomic E-state index is -0.434. The lowest BCUT2D eigenvalue weighted by atomic mass is 9.94. The Morgan fingerprint density at radius 1 is 1.24 bits per heavy atom. The van der Waals surface area contributed by atoms with Crippen molar-refractivity contribution < 1.29 is 10.0 Å². The average molecular weight is 284 g/mol. The van der Waals surface area contributed by atoms with Crippen LogP contribution in [-0.4, -0.2) is 28.6 Å². The average Bonchev–Trinajstić information content (AvgIpc) is 2.51. The summed E-state index contributed by atoms with van der Waals surface area (Å²) in [5.74, 6) is -0.0913. The van der Waals surface area contributed by atoms with E-state index in [1.54, 1.807) is 0 Å². The Morgan fingerprint density at radius 2 is 1.95 bits per heavy atom. The normalized spacial score (nSPS) is 19.3. The highest BCUT2D eigenvalue weighted by molar-refractivity contribution is 6.15. The largest absolute Gasteiger partial charge is 0.279 e. The van der Waals surface area contributed by atoms with Crippen LogP contribution < -0.4 is 0 Å². The van der Waals surface area contributed by atoms with Crippen molar-refractivity contribution >= 4 is 11.7 Å². The quantitative estimate of drug-likeness (QED) is 0.864. The van der Waals surface area contributed by atoms with Crippen molar-refractivity contribution in [3.05, 3.63) is 59.2 Å². The first-order valence-corrected chi connectivity index (χ1v) is 7.16. The monoisotopic (exact) mass is 284 g/mol. The lowest BCUT2D eigenvalue weighted by Crippen LogP contribution is -2.38. The van der Waals surface area contributed by atoms with Gasteiger partial charge in [0.1, 0.15) is 0 Å². The molecule has 1 amide bonds. The molecule has 1 aliphatic heterocycles. The van der Waals surface area contributed by atoms with Crippen molar-refractivity contribution in [3.63, 3.8) is 0 Å². The highest BCUT2D eigenvalue weighted by Gasteiger charge is 2.27. The number of aliphatic imine (C=N–C) groups is 1. The third-order valence-electron chi connectivity index (χ3n) is 3.42. The predicted molar refractivity (Wildman–Crippen MR) is 83.2 cm³/mol. The minimum absolute atomic E-state index is 0.343. The van der Waals surface area contributed by atoms with Crippen molar-refractivity contribution in [2.45, 2.75) is 26.7 Å². The summed E-state index contributed by atoms with van der Waals surface area (Å²) in [7, 11) is 0. The summed E-state index contributed by atoms with van der Waals surface area (Å²) in [6.07, 6.45) is 4.97. The minimum Gasteiger partial charge on any atom is -0.279 e. The Bertz CT molecular complexity index is 600. The number of allylic oxidation sites excluding steroid dienone is 1. The van der Waals surface area contributed by atoms with Gasteiger partial charge in [-0.2, -0.15) is 5.06 Å². The second-order valence-corrected chi connectivity index (χ2v) is 4.81. The van der Waals surface area contributed by atoms with Crippen LogP contribution in [0.4, 0.5) is 0 Å². The molecule has 1 aromatic rings. The maximum absolute atomic E-state index is 11.9. The molecule has 0 saturated heterocycles. The van der Waals surface area contributed by atoms with Gasteiger partial charge in [-0.15, -0.1) is 0 Å². The SMILES string of the molecule is C/C=C1/C(CCc2ccccc2)=CC(=O)N(O)C1=NCC. The molecular weight excluding hydrogens is 264 g/mol. The lowest BCUT2D eigenvalue weighted by molar-refractivity contribution is -0.143. The van der Waals surface area contributed by atoms with E-state index in [-0.39, 0.29) is 0 Å². The van der Waals surface area contributed by atoms with Gasteiger partial charge >= 0.3 is 0 Å². The van der Waals surface area contributed by atoms with Gasteiger partial charge in [0.05, 0.1) is 0 Å². The molecule has 0 bridgehead atoms. The van der Waals surface area contributed by atoms with Crippen LogP contribution in [-0.2, 0) is 11.2 Å². The second-order valence-electron chi connectivity index (χ2n) is 4.81. The molecule has 110 valence electrons. The highest BCUT2D eigenvalue weighted by Crippen LogP contribution is 2.24. The van der Waals surface area contributed by atoms with Crippen molar-refractivity contribution in [2.75, 3.05) is 6.54 Å². The number of rotatable bonds is 4. The molecule has 0 aromatic heterocycles. The number of hydrogen-bond acceptors (Lipinski definition) is 3. The van der Waals surface area contributed by atoms with Gasteiger partial charge in [0, 0.05) is 18.2 Å². The van der Waals surface area contributed by atoms with Gasteiger partial charge in [-0.1, -0.05) is 36.4 Å². The van der Waals surface area contributed by atoms with Gasteiger partial charge in [0.25, 0.3) is 5.91 Å². The Hall–Kier alpha value is -2.20. The van der Waals surface area contributed by atoms with Gasteiger partial charge in [0.15, 0.2) is 5.84 Å². The van der Waals surface area contributed by atoms with E-state index in [4.69, 9.17) is 0 Å². The summed E-state index contributed by atoms with van der Waals surface area (Å²) < 4.78 is 0. The summed E-state index contributed by atoms with van der Waals surface area (Å²) in [6.45, 7) is 4.28. The topological polar surface area (TPSA) is 52.9 Å². The fourth-order valence-corrected chi connectivity index (χ4v) is 2.40. The number of amides is 1. The molecule has 0 unspecified atom stereocenters. The van der Waals surface area contributed by atoms with Gasteiger partial charge in [-0.3, -0.25) is 15.0 Å². The zero-order valence-corrected chi connectivity index (χ0v) is 12.4. The Balaban J connectivity index is 2.23. The molecule has 0 radical (unpaired) electrons. The van der Waals surface area contributed by atoms with E-state index in [2.05, 4.69) is 17.1 Å². The number of carbonyl (C=O) groups excluding carboxylic acids is 1. The smallest absolute Gasteiger partial charge is 0.276 e. The molecule has 0 aliphatic carbocycles. The molecule has 4 heteroatoms. The van der Waals surface area contributed by atoms with Crippen LogP contribution >= 0.6 is 0 Å². The van der Waals surface area contributed by atoms with Crippen LogP contribution in [0.5, 0.6) is 0 Å². The fraction of sp³-hybridized carbons (Fsp3) is 0.294. The van der Waals surface area contributed by atoms with Crippen molar-refractivity contribution in [3.8, 4) is 0 Å². The molecule has 4 nitrogen and oxygen atoms in total. The predicted octanol–water partition coefficient (Wildman–Crippen LogP) is 3.14. The van der Waals surface area contributed by atoms with E-state index in [0.717, 1.165) is 24.0 Å². The molecule has 0 fully saturated rings. The first-order chi connectivity index (χ1) is 10.2. The van der Waals surface area contributed by atoms with Crippen LogP contribution in [0.15, 0.2) is 58.6 Å². The molecule has 1 heterocycles. The van der Waals surface area contributed by atoms with Crippen LogP contribution in [0, 0.1) is 0 Å². The van der Waals surface area contributed by atoms with E-state index < -0.39 is 5.91 Å². The number of hydroxylamine groups is 2. The van der Waals surface area contributed by atoms with E-state index >= 15 is 0 Å². The van der Waals surface area contributed by atoms with E-state index in [0.29, 0.717) is 17.4 Å². The fourth-order valence-electron chi connectivity index (χ4n) is 2.40. The maximum Gasteiger partial charge on any atom is 0.276 e. The summed E-state index contributed by atoms with van der Waals surface area (Å²) >= 11 is 0. The number of amidine groups is 1. The third-order valence-corrected chi connectivity index (χ3v) is 3.42. The van der Waals surface area contributed by atoms with E-state index in [1.165, 1.54) is 11.6 Å². The Kier molecular flexibility index (Phi) is 5.06. The number of aryl methyl sites for hydroxylation is 1. The molecule has 2 rings (SSSR count). The first-order valence-electron chi connectivity index (χ1n) is 7.16. The molecule has 1 aliphatic rings. The molecule has 0 atom stereocenters. The van der Waals surface area contributed by atoms with Crippen molar-refractivity contribution in [1.29, 1.82) is 0 Å². The van der Waals surface area contributed by atoms with Crippen LogP contribution in [0.2, 0.25) is 0 Å². The third kappa shape index (κ3) is 3.47. The van der Waals surface area contributed by atoms with E-state index in [9.17, 15) is 10.0 Å². The molecule has 0 spiro atoms. The van der Waals surface area contributed by atoms with Crippen molar-refractivity contribution in [1.82, 2.24) is 5.06 Å². The van der Waals surface area contributed by atoms with Gasteiger partial charge < -0.3 is 0 Å². The number of hydrogen-bond donors (Lipinski definition) is 1.